The Bertz CT molecular complexity index is 520. The van der Waals surface area contributed by atoms with Crippen molar-refractivity contribution in [3.8, 4) is 0 Å². The molecule has 2 heterocycles. The average Bonchev–Trinajstić information content (AvgIpc) is 2.88. The number of nitrogens with zero attached hydrogens (tertiary/aromatic N) is 4. The van der Waals surface area contributed by atoms with Crippen molar-refractivity contribution in [2.45, 2.75) is 26.3 Å². The van der Waals surface area contributed by atoms with Crippen molar-refractivity contribution < 1.29 is 9.90 Å². The molecule has 0 aliphatic carbocycles. The van der Waals surface area contributed by atoms with E-state index in [1.165, 1.54) is 0 Å². The molecule has 0 saturated carbocycles. The predicted octanol–water partition coefficient (Wildman–Crippen LogP) is 0.972. The van der Waals surface area contributed by atoms with Crippen molar-refractivity contribution in [3.05, 3.63) is 28.0 Å². The first-order chi connectivity index (χ1) is 8.17. The highest BCUT2D eigenvalue weighted by atomic mass is 32.1. The summed E-state index contributed by atoms with van der Waals surface area (Å²) in [5.74, 6) is -0.904. The fourth-order valence-electron chi connectivity index (χ4n) is 1.40. The third kappa shape index (κ3) is 3.10. The fourth-order valence-corrected chi connectivity index (χ4v) is 2.14. The molecular weight excluding hydrogens is 240 g/mol. The Morgan fingerprint density at radius 1 is 1.53 bits per heavy atom. The molecule has 0 amide bonds. The summed E-state index contributed by atoms with van der Waals surface area (Å²) < 4.78 is 1.60. The minimum atomic E-state index is -0.904. The number of carboxylic acid groups (broad SMARTS) is 1. The van der Waals surface area contributed by atoms with Crippen LogP contribution < -0.4 is 0 Å². The van der Waals surface area contributed by atoms with Gasteiger partial charge in [0, 0.05) is 11.6 Å². The summed E-state index contributed by atoms with van der Waals surface area (Å²) in [5, 5.41) is 19.3. The number of hydrogen-bond acceptors (Lipinski definition) is 5. The van der Waals surface area contributed by atoms with E-state index >= 15 is 0 Å². The minimum absolute atomic E-state index is 0.0999. The third-order valence-electron chi connectivity index (χ3n) is 2.14. The van der Waals surface area contributed by atoms with E-state index in [-0.39, 0.29) is 6.42 Å². The second-order valence-corrected chi connectivity index (χ2v) is 4.51. The van der Waals surface area contributed by atoms with Gasteiger partial charge in [-0.2, -0.15) is 0 Å². The molecule has 6 nitrogen and oxygen atoms in total. The predicted molar refractivity (Wildman–Crippen MR) is 62.0 cm³/mol. The molecular formula is C10H12N4O2S. The van der Waals surface area contributed by atoms with Crippen molar-refractivity contribution >= 4 is 17.3 Å². The van der Waals surface area contributed by atoms with Crippen molar-refractivity contribution in [2.24, 2.45) is 0 Å². The second-order valence-electron chi connectivity index (χ2n) is 3.56. The summed E-state index contributed by atoms with van der Waals surface area (Å²) in [4.78, 5) is 14.9. The molecule has 2 rings (SSSR count). The summed E-state index contributed by atoms with van der Waals surface area (Å²) in [7, 11) is 0. The average molecular weight is 252 g/mol. The zero-order chi connectivity index (χ0) is 12.3. The molecule has 0 atom stereocenters. The summed E-state index contributed by atoms with van der Waals surface area (Å²) in [5.41, 5.74) is 1.39. The van der Waals surface area contributed by atoms with Crippen LogP contribution in [0.3, 0.4) is 0 Å². The summed E-state index contributed by atoms with van der Waals surface area (Å²) >= 11 is 1.62. The highest BCUT2D eigenvalue weighted by Gasteiger charge is 2.07. The number of thiazole rings is 1. The van der Waals surface area contributed by atoms with E-state index in [2.05, 4.69) is 22.2 Å². The molecule has 0 saturated heterocycles. The molecule has 0 aromatic carbocycles. The Labute approximate surface area is 102 Å². The SMILES string of the molecule is CCc1nc(Cn2cc(CC(=O)O)nn2)cs1. The lowest BCUT2D eigenvalue weighted by molar-refractivity contribution is -0.136. The molecule has 1 N–H and O–H groups in total. The maximum absolute atomic E-state index is 10.5. The molecule has 0 spiro atoms. The molecule has 17 heavy (non-hydrogen) atoms. The van der Waals surface area contributed by atoms with Crippen molar-refractivity contribution in [3.63, 3.8) is 0 Å². The van der Waals surface area contributed by atoms with E-state index in [1.54, 1.807) is 22.2 Å². The number of carbonyl (C=O) groups is 1. The first-order valence-corrected chi connectivity index (χ1v) is 6.09. The maximum atomic E-state index is 10.5. The molecule has 90 valence electrons. The van der Waals surface area contributed by atoms with Crippen molar-refractivity contribution in [2.75, 3.05) is 0 Å². The van der Waals surface area contributed by atoms with Gasteiger partial charge >= 0.3 is 5.97 Å². The van der Waals surface area contributed by atoms with Gasteiger partial charge in [-0.15, -0.1) is 16.4 Å². The Kier molecular flexibility index (Phi) is 3.48. The number of aliphatic carboxylic acids is 1. The van der Waals surface area contributed by atoms with E-state index in [0.717, 1.165) is 17.1 Å². The molecule has 0 fully saturated rings. The molecule has 7 heteroatoms. The topological polar surface area (TPSA) is 80.9 Å². The van der Waals surface area contributed by atoms with E-state index in [0.29, 0.717) is 12.2 Å². The quantitative estimate of drug-likeness (QED) is 0.857. The van der Waals surface area contributed by atoms with Crippen LogP contribution in [0, 0.1) is 0 Å². The highest BCUT2D eigenvalue weighted by Crippen LogP contribution is 2.11. The molecule has 2 aromatic heterocycles. The number of rotatable bonds is 5. The molecule has 0 aliphatic rings. The van der Waals surface area contributed by atoms with Gasteiger partial charge in [-0.3, -0.25) is 4.79 Å². The van der Waals surface area contributed by atoms with Gasteiger partial charge in [0.15, 0.2) is 0 Å². The Balaban J connectivity index is 2.03. The van der Waals surface area contributed by atoms with Crippen LogP contribution in [-0.4, -0.2) is 31.1 Å². The van der Waals surface area contributed by atoms with E-state index in [1.807, 2.05) is 5.38 Å². The van der Waals surface area contributed by atoms with Crippen LogP contribution in [0.5, 0.6) is 0 Å². The number of carboxylic acids is 1. The van der Waals surface area contributed by atoms with E-state index in [4.69, 9.17) is 5.11 Å². The zero-order valence-electron chi connectivity index (χ0n) is 9.33. The molecule has 0 aliphatic heterocycles. The van der Waals surface area contributed by atoms with E-state index in [9.17, 15) is 4.79 Å². The standard InChI is InChI=1S/C10H12N4O2S/c1-2-9-11-8(6-17-9)5-14-4-7(12-13-14)3-10(15)16/h4,6H,2-3,5H2,1H3,(H,15,16). The first kappa shape index (κ1) is 11.7. The van der Waals surface area contributed by atoms with Gasteiger partial charge in [-0.05, 0) is 6.42 Å². The lowest BCUT2D eigenvalue weighted by Gasteiger charge is -1.94. The third-order valence-corrected chi connectivity index (χ3v) is 3.19. The summed E-state index contributed by atoms with van der Waals surface area (Å²) in [6, 6.07) is 0. The Morgan fingerprint density at radius 2 is 2.35 bits per heavy atom. The molecule has 0 bridgehead atoms. The first-order valence-electron chi connectivity index (χ1n) is 5.21. The fraction of sp³-hybridized carbons (Fsp3) is 0.400. The van der Waals surface area contributed by atoms with Crippen LogP contribution in [-0.2, 0) is 24.2 Å². The molecule has 0 radical (unpaired) electrons. The monoisotopic (exact) mass is 252 g/mol. The van der Waals surface area contributed by atoms with Gasteiger partial charge in [-0.25, -0.2) is 9.67 Å². The van der Waals surface area contributed by atoms with Gasteiger partial charge in [0.1, 0.15) is 0 Å². The normalized spacial score (nSPS) is 10.6. The van der Waals surface area contributed by atoms with Crippen LogP contribution >= 0.6 is 11.3 Å². The van der Waals surface area contributed by atoms with Crippen LogP contribution in [0.25, 0.3) is 0 Å². The van der Waals surface area contributed by atoms with Gasteiger partial charge in [-0.1, -0.05) is 12.1 Å². The molecule has 0 unspecified atom stereocenters. The van der Waals surface area contributed by atoms with Crippen LogP contribution in [0.1, 0.15) is 23.3 Å². The maximum Gasteiger partial charge on any atom is 0.309 e. The lowest BCUT2D eigenvalue weighted by atomic mass is 10.3. The smallest absolute Gasteiger partial charge is 0.309 e. The van der Waals surface area contributed by atoms with Gasteiger partial charge in [0.25, 0.3) is 0 Å². The van der Waals surface area contributed by atoms with Gasteiger partial charge in [0.05, 0.1) is 29.4 Å². The molecule has 2 aromatic rings. The van der Waals surface area contributed by atoms with Gasteiger partial charge < -0.3 is 5.11 Å². The van der Waals surface area contributed by atoms with Crippen molar-refractivity contribution in [1.29, 1.82) is 0 Å². The zero-order valence-corrected chi connectivity index (χ0v) is 10.1. The largest absolute Gasteiger partial charge is 0.481 e. The summed E-state index contributed by atoms with van der Waals surface area (Å²) in [6.45, 7) is 2.59. The Hall–Kier alpha value is -1.76. The minimum Gasteiger partial charge on any atom is -0.481 e. The van der Waals surface area contributed by atoms with E-state index < -0.39 is 5.97 Å². The Morgan fingerprint density at radius 3 is 3.00 bits per heavy atom. The highest BCUT2D eigenvalue weighted by molar-refractivity contribution is 7.09. The van der Waals surface area contributed by atoms with Gasteiger partial charge in [0.2, 0.25) is 0 Å². The number of aryl methyl sites for hydroxylation is 1. The van der Waals surface area contributed by atoms with Crippen molar-refractivity contribution in [1.82, 2.24) is 20.0 Å². The van der Waals surface area contributed by atoms with Crippen LogP contribution in [0.4, 0.5) is 0 Å². The summed E-state index contributed by atoms with van der Waals surface area (Å²) in [6.07, 6.45) is 2.46. The number of aromatic nitrogens is 4. The second kappa shape index (κ2) is 5.05. The lowest BCUT2D eigenvalue weighted by Crippen LogP contribution is -2.01. The van der Waals surface area contributed by atoms with Crippen LogP contribution in [0.2, 0.25) is 0 Å². The number of hydrogen-bond donors (Lipinski definition) is 1. The van der Waals surface area contributed by atoms with Crippen LogP contribution in [0.15, 0.2) is 11.6 Å².